The van der Waals surface area contributed by atoms with E-state index in [1.165, 1.54) is 18.4 Å². The molecule has 1 aromatic heterocycles. The zero-order valence-electron chi connectivity index (χ0n) is 14.6. The normalized spacial score (nSPS) is 22.4. The van der Waals surface area contributed by atoms with Crippen LogP contribution in [0.1, 0.15) is 18.4 Å². The highest BCUT2D eigenvalue weighted by Gasteiger charge is 2.25. The maximum atomic E-state index is 12.7. The molecule has 0 spiro atoms. The third kappa shape index (κ3) is 4.02. The molecule has 2 fully saturated rings. The van der Waals surface area contributed by atoms with Gasteiger partial charge in [-0.3, -0.25) is 14.8 Å². The lowest BCUT2D eigenvalue weighted by Gasteiger charge is -2.26. The van der Waals surface area contributed by atoms with Crippen LogP contribution in [0.5, 0.6) is 0 Å². The maximum Gasteiger partial charge on any atom is 0.236 e. The van der Waals surface area contributed by atoms with Gasteiger partial charge in [-0.25, -0.2) is 0 Å². The molecule has 1 atom stereocenters. The van der Waals surface area contributed by atoms with Crippen LogP contribution in [0.15, 0.2) is 24.4 Å². The van der Waals surface area contributed by atoms with Crippen LogP contribution in [-0.4, -0.2) is 71.8 Å². The molecule has 0 saturated carbocycles. The zero-order chi connectivity index (χ0) is 17.1. The number of hydrogen-bond donors (Lipinski definition) is 1. The fourth-order valence-electron chi connectivity index (χ4n) is 3.91. The van der Waals surface area contributed by atoms with Crippen molar-refractivity contribution in [1.29, 1.82) is 0 Å². The molecule has 4 rings (SSSR count). The molecule has 134 valence electrons. The number of aromatic amines is 1. The first-order valence-electron chi connectivity index (χ1n) is 9.28. The molecule has 25 heavy (non-hydrogen) atoms. The second-order valence-electron chi connectivity index (χ2n) is 7.26. The lowest BCUT2D eigenvalue weighted by Crippen LogP contribution is -2.42. The summed E-state index contributed by atoms with van der Waals surface area (Å²) in [6.45, 7) is 5.54. The molecule has 0 bridgehead atoms. The van der Waals surface area contributed by atoms with Crippen molar-refractivity contribution in [1.82, 2.24) is 20.0 Å². The van der Waals surface area contributed by atoms with Crippen LogP contribution in [0.3, 0.4) is 0 Å². The molecule has 6 heteroatoms. The summed E-state index contributed by atoms with van der Waals surface area (Å²) in [5.74, 6) is 0.595. The Morgan fingerprint density at radius 2 is 2.16 bits per heavy atom. The molecule has 3 heterocycles. The number of ether oxygens (including phenoxy) is 1. The number of nitrogens with zero attached hydrogens (tertiary/aromatic N) is 3. The van der Waals surface area contributed by atoms with Gasteiger partial charge in [0.2, 0.25) is 5.91 Å². The predicted octanol–water partition coefficient (Wildman–Crippen LogP) is 1.68. The molecule has 2 aromatic rings. The van der Waals surface area contributed by atoms with Crippen LogP contribution in [0.2, 0.25) is 0 Å². The Morgan fingerprint density at radius 1 is 1.28 bits per heavy atom. The SMILES string of the molecule is O=C(CN1CCCC1)N1CCOC[C@@H](Cc2ccc3[nH]ncc3c2)C1. The van der Waals surface area contributed by atoms with Gasteiger partial charge in [-0.15, -0.1) is 0 Å². The Morgan fingerprint density at radius 3 is 3.04 bits per heavy atom. The Balaban J connectivity index is 1.39. The molecule has 0 unspecified atom stereocenters. The van der Waals surface area contributed by atoms with Crippen LogP contribution >= 0.6 is 0 Å². The number of aromatic nitrogens is 2. The van der Waals surface area contributed by atoms with Gasteiger partial charge in [0.1, 0.15) is 0 Å². The van der Waals surface area contributed by atoms with Crippen LogP contribution in [0, 0.1) is 5.92 Å². The van der Waals surface area contributed by atoms with E-state index in [2.05, 4.69) is 33.3 Å². The topological polar surface area (TPSA) is 61.5 Å². The van der Waals surface area contributed by atoms with E-state index >= 15 is 0 Å². The van der Waals surface area contributed by atoms with Crippen LogP contribution in [0.25, 0.3) is 10.9 Å². The molecule has 1 amide bonds. The quantitative estimate of drug-likeness (QED) is 0.918. The number of amides is 1. The summed E-state index contributed by atoms with van der Waals surface area (Å²) in [5, 5.41) is 8.20. The van der Waals surface area contributed by atoms with E-state index in [0.29, 0.717) is 25.6 Å². The Labute approximate surface area is 148 Å². The van der Waals surface area contributed by atoms with Gasteiger partial charge in [0, 0.05) is 24.4 Å². The molecule has 6 nitrogen and oxygen atoms in total. The van der Waals surface area contributed by atoms with E-state index in [4.69, 9.17) is 4.74 Å². The van der Waals surface area contributed by atoms with Gasteiger partial charge in [0.25, 0.3) is 0 Å². The van der Waals surface area contributed by atoms with Crippen molar-refractivity contribution in [3.63, 3.8) is 0 Å². The molecular weight excluding hydrogens is 316 g/mol. The highest BCUT2D eigenvalue weighted by atomic mass is 16.5. The van der Waals surface area contributed by atoms with E-state index in [1.807, 2.05) is 11.1 Å². The minimum Gasteiger partial charge on any atom is -0.379 e. The average Bonchev–Trinajstić information content (AvgIpc) is 3.23. The van der Waals surface area contributed by atoms with E-state index in [0.717, 1.165) is 43.6 Å². The summed E-state index contributed by atoms with van der Waals surface area (Å²) in [5.41, 5.74) is 2.33. The van der Waals surface area contributed by atoms with E-state index in [1.54, 1.807) is 0 Å². The fourth-order valence-corrected chi connectivity index (χ4v) is 3.91. The average molecular weight is 342 g/mol. The number of fused-ring (bicyclic) bond motifs is 1. The van der Waals surface area contributed by atoms with Crippen molar-refractivity contribution < 1.29 is 9.53 Å². The first-order chi connectivity index (χ1) is 12.3. The molecule has 1 aromatic carbocycles. The van der Waals surface area contributed by atoms with Crippen molar-refractivity contribution in [3.05, 3.63) is 30.0 Å². The lowest BCUT2D eigenvalue weighted by atomic mass is 9.98. The van der Waals surface area contributed by atoms with Gasteiger partial charge >= 0.3 is 0 Å². The second-order valence-corrected chi connectivity index (χ2v) is 7.26. The van der Waals surface area contributed by atoms with Crippen molar-refractivity contribution in [2.45, 2.75) is 19.3 Å². The molecule has 2 saturated heterocycles. The summed E-state index contributed by atoms with van der Waals surface area (Å²) >= 11 is 0. The Hall–Kier alpha value is -1.92. The number of H-pyrrole nitrogens is 1. The van der Waals surface area contributed by atoms with Gasteiger partial charge in [0.15, 0.2) is 0 Å². The van der Waals surface area contributed by atoms with Crippen LogP contribution < -0.4 is 0 Å². The first kappa shape index (κ1) is 16.5. The monoisotopic (exact) mass is 342 g/mol. The van der Waals surface area contributed by atoms with E-state index in [-0.39, 0.29) is 5.91 Å². The summed E-state index contributed by atoms with van der Waals surface area (Å²) < 4.78 is 5.78. The minimum absolute atomic E-state index is 0.252. The van der Waals surface area contributed by atoms with Gasteiger partial charge in [-0.1, -0.05) is 6.07 Å². The van der Waals surface area contributed by atoms with Crippen LogP contribution in [-0.2, 0) is 16.0 Å². The first-order valence-corrected chi connectivity index (χ1v) is 9.28. The number of nitrogens with one attached hydrogen (secondary N) is 1. The molecular formula is C19H26N4O2. The fraction of sp³-hybridized carbons (Fsp3) is 0.579. The number of benzene rings is 1. The summed E-state index contributed by atoms with van der Waals surface area (Å²) in [7, 11) is 0. The summed E-state index contributed by atoms with van der Waals surface area (Å²) in [6, 6.07) is 6.40. The van der Waals surface area contributed by atoms with E-state index < -0.39 is 0 Å². The third-order valence-electron chi connectivity index (χ3n) is 5.28. The van der Waals surface area contributed by atoms with Crippen LogP contribution in [0.4, 0.5) is 0 Å². The number of hydrogen-bond acceptors (Lipinski definition) is 4. The Bertz CT molecular complexity index is 723. The standard InChI is InChI=1S/C19H26N4O2/c24-19(13-22-5-1-2-6-22)23-7-8-25-14-16(12-23)9-15-3-4-18-17(10-15)11-20-21-18/h3-4,10-11,16H,1-2,5-9,12-14H2,(H,20,21)/t16-/m0/s1. The lowest BCUT2D eigenvalue weighted by molar-refractivity contribution is -0.132. The molecule has 1 N–H and O–H groups in total. The number of carbonyl (C=O) groups is 1. The molecule has 0 radical (unpaired) electrons. The smallest absolute Gasteiger partial charge is 0.236 e. The van der Waals surface area contributed by atoms with Crippen molar-refractivity contribution >= 4 is 16.8 Å². The van der Waals surface area contributed by atoms with Gasteiger partial charge in [0.05, 0.1) is 31.5 Å². The minimum atomic E-state index is 0.252. The predicted molar refractivity (Wildman–Crippen MR) is 96.4 cm³/mol. The molecule has 0 aliphatic carbocycles. The largest absolute Gasteiger partial charge is 0.379 e. The number of likely N-dealkylation sites (tertiary alicyclic amines) is 1. The Kier molecular flexibility index (Phi) is 4.99. The van der Waals surface area contributed by atoms with Gasteiger partial charge in [-0.2, -0.15) is 5.10 Å². The molecule has 2 aliphatic heterocycles. The van der Waals surface area contributed by atoms with Gasteiger partial charge in [-0.05, 0) is 50.0 Å². The van der Waals surface area contributed by atoms with Crippen molar-refractivity contribution in [2.24, 2.45) is 5.92 Å². The maximum absolute atomic E-state index is 12.7. The highest BCUT2D eigenvalue weighted by molar-refractivity contribution is 5.79. The molecule has 2 aliphatic rings. The van der Waals surface area contributed by atoms with Crippen molar-refractivity contribution in [3.8, 4) is 0 Å². The van der Waals surface area contributed by atoms with E-state index in [9.17, 15) is 4.79 Å². The number of rotatable bonds is 4. The summed E-state index contributed by atoms with van der Waals surface area (Å²) in [4.78, 5) is 16.9. The highest BCUT2D eigenvalue weighted by Crippen LogP contribution is 2.19. The van der Waals surface area contributed by atoms with Gasteiger partial charge < -0.3 is 9.64 Å². The second kappa shape index (κ2) is 7.54. The third-order valence-corrected chi connectivity index (χ3v) is 5.28. The number of carbonyl (C=O) groups excluding carboxylic acids is 1. The zero-order valence-corrected chi connectivity index (χ0v) is 14.6. The summed E-state index contributed by atoms with van der Waals surface area (Å²) in [6.07, 6.45) is 5.22. The van der Waals surface area contributed by atoms with Crippen molar-refractivity contribution in [2.75, 3.05) is 45.9 Å².